The second-order valence-electron chi connectivity index (χ2n) is 6.17. The van der Waals surface area contributed by atoms with Crippen molar-refractivity contribution in [2.24, 2.45) is 0 Å². The third-order valence-corrected chi connectivity index (χ3v) is 4.42. The lowest BCUT2D eigenvalue weighted by molar-refractivity contribution is -0.130. The number of carbonyl (C=O) groups is 1. The third-order valence-electron chi connectivity index (χ3n) is 4.42. The van der Waals surface area contributed by atoms with Gasteiger partial charge in [0.25, 0.3) is 0 Å². The van der Waals surface area contributed by atoms with Gasteiger partial charge in [0.05, 0.1) is 0 Å². The number of hydrogen-bond acceptors (Lipinski definition) is 4. The summed E-state index contributed by atoms with van der Waals surface area (Å²) in [6.45, 7) is -0.584. The maximum absolute atomic E-state index is 12.2. The minimum Gasteiger partial charge on any atom is -0.435 e. The average Bonchev–Trinajstić information content (AvgIpc) is 3.10. The molecule has 1 N–H and O–H groups in total. The van der Waals surface area contributed by atoms with Gasteiger partial charge in [-0.2, -0.15) is 8.78 Å². The van der Waals surface area contributed by atoms with E-state index in [-0.39, 0.29) is 23.8 Å². The Kier molecular flexibility index (Phi) is 5.50. The molecule has 0 spiro atoms. The molecule has 24 heavy (non-hydrogen) atoms. The first-order valence-corrected chi connectivity index (χ1v) is 8.33. The fourth-order valence-electron chi connectivity index (χ4n) is 3.25. The summed E-state index contributed by atoms with van der Waals surface area (Å²) < 4.78 is 34.2. The molecule has 2 aliphatic rings. The van der Waals surface area contributed by atoms with E-state index in [1.54, 1.807) is 12.1 Å². The van der Waals surface area contributed by atoms with E-state index in [0.717, 1.165) is 37.9 Å². The number of ether oxygens (including phenoxy) is 2. The van der Waals surface area contributed by atoms with Gasteiger partial charge in [-0.25, -0.2) is 0 Å². The lowest BCUT2D eigenvalue weighted by Gasteiger charge is -2.35. The normalized spacial score (nSPS) is 24.2. The van der Waals surface area contributed by atoms with Gasteiger partial charge in [-0.05, 0) is 49.9 Å². The number of piperidine rings is 1. The number of carbonyl (C=O) groups excluding carboxylic acids is 1. The Morgan fingerprint density at radius 2 is 2.04 bits per heavy atom. The lowest BCUT2D eigenvalue weighted by atomic mass is 10.0. The Morgan fingerprint density at radius 3 is 2.71 bits per heavy atom. The van der Waals surface area contributed by atoms with Crippen LogP contribution in [0.5, 0.6) is 5.75 Å². The van der Waals surface area contributed by atoms with Crippen molar-refractivity contribution in [1.29, 1.82) is 0 Å². The van der Waals surface area contributed by atoms with Crippen molar-refractivity contribution in [3.63, 3.8) is 0 Å². The minimum atomic E-state index is -2.82. The summed E-state index contributed by atoms with van der Waals surface area (Å²) >= 11 is 0. The molecule has 2 aliphatic heterocycles. The molecule has 132 valence electrons. The summed E-state index contributed by atoms with van der Waals surface area (Å²) in [4.78, 5) is 14.3. The SMILES string of the molecule is O=C(N[C@@H]1CCCN(c2ccc(OC(F)F)cc2)C1)[C@H]1CCCO1. The first-order valence-electron chi connectivity index (χ1n) is 8.33. The molecular weight excluding hydrogens is 318 g/mol. The van der Waals surface area contributed by atoms with Gasteiger partial charge in [-0.3, -0.25) is 4.79 Å². The topological polar surface area (TPSA) is 50.8 Å². The molecule has 0 aromatic heterocycles. The monoisotopic (exact) mass is 340 g/mol. The summed E-state index contributed by atoms with van der Waals surface area (Å²) in [5.41, 5.74) is 0.938. The zero-order chi connectivity index (χ0) is 16.9. The molecule has 0 radical (unpaired) electrons. The lowest BCUT2D eigenvalue weighted by Crippen LogP contribution is -2.50. The van der Waals surface area contributed by atoms with Crippen LogP contribution in [0.1, 0.15) is 25.7 Å². The standard InChI is InChI=1S/C17H22F2N2O3/c18-17(19)24-14-7-5-13(6-8-14)21-9-1-3-12(11-21)20-16(22)15-4-2-10-23-15/h5-8,12,15,17H,1-4,9-11H2,(H,20,22)/t12-,15-/m1/s1. The van der Waals surface area contributed by atoms with Crippen molar-refractivity contribution in [2.45, 2.75) is 44.4 Å². The summed E-state index contributed by atoms with van der Waals surface area (Å²) in [5.74, 6) is 0.119. The molecule has 0 saturated carbocycles. The highest BCUT2D eigenvalue weighted by atomic mass is 19.3. The maximum Gasteiger partial charge on any atom is 0.387 e. The second kappa shape index (κ2) is 7.79. The Balaban J connectivity index is 1.55. The number of benzene rings is 1. The highest BCUT2D eigenvalue weighted by molar-refractivity contribution is 5.81. The van der Waals surface area contributed by atoms with Gasteiger partial charge in [-0.1, -0.05) is 0 Å². The molecule has 2 fully saturated rings. The van der Waals surface area contributed by atoms with Gasteiger partial charge < -0.3 is 19.7 Å². The molecule has 0 unspecified atom stereocenters. The van der Waals surface area contributed by atoms with Gasteiger partial charge in [0.1, 0.15) is 11.9 Å². The molecule has 3 rings (SSSR count). The zero-order valence-corrected chi connectivity index (χ0v) is 13.4. The molecule has 5 nitrogen and oxygen atoms in total. The quantitative estimate of drug-likeness (QED) is 0.895. The number of amides is 1. The summed E-state index contributed by atoms with van der Waals surface area (Å²) in [5, 5.41) is 3.07. The first-order chi connectivity index (χ1) is 11.6. The van der Waals surface area contributed by atoms with Crippen LogP contribution < -0.4 is 15.0 Å². The van der Waals surface area contributed by atoms with E-state index in [1.807, 2.05) is 0 Å². The van der Waals surface area contributed by atoms with Crippen LogP contribution in [0.2, 0.25) is 0 Å². The largest absolute Gasteiger partial charge is 0.435 e. The number of halogens is 2. The second-order valence-corrected chi connectivity index (χ2v) is 6.17. The predicted molar refractivity (Wildman–Crippen MR) is 85.4 cm³/mol. The van der Waals surface area contributed by atoms with Gasteiger partial charge in [0.2, 0.25) is 5.91 Å². The van der Waals surface area contributed by atoms with E-state index >= 15 is 0 Å². The molecule has 0 aliphatic carbocycles. The van der Waals surface area contributed by atoms with Gasteiger partial charge >= 0.3 is 6.61 Å². The molecule has 1 aromatic rings. The van der Waals surface area contributed by atoms with Crippen LogP contribution in [0.4, 0.5) is 14.5 Å². The zero-order valence-electron chi connectivity index (χ0n) is 13.4. The number of rotatable bonds is 5. The van der Waals surface area contributed by atoms with Crippen LogP contribution in [0.25, 0.3) is 0 Å². The summed E-state index contributed by atoms with van der Waals surface area (Å²) in [6, 6.07) is 6.68. The number of nitrogens with zero attached hydrogens (tertiary/aromatic N) is 1. The molecule has 1 amide bonds. The molecule has 7 heteroatoms. The molecule has 1 aromatic carbocycles. The summed E-state index contributed by atoms with van der Waals surface area (Å²) in [7, 11) is 0. The Bertz CT molecular complexity index is 547. The van der Waals surface area contributed by atoms with E-state index in [9.17, 15) is 13.6 Å². The van der Waals surface area contributed by atoms with Crippen molar-refractivity contribution in [1.82, 2.24) is 5.32 Å². The fraction of sp³-hybridized carbons (Fsp3) is 0.588. The number of hydrogen-bond donors (Lipinski definition) is 1. The van der Waals surface area contributed by atoms with Gasteiger partial charge in [0, 0.05) is 31.4 Å². The van der Waals surface area contributed by atoms with Crippen LogP contribution in [0.15, 0.2) is 24.3 Å². The van der Waals surface area contributed by atoms with Crippen LogP contribution in [-0.2, 0) is 9.53 Å². The van der Waals surface area contributed by atoms with E-state index in [2.05, 4.69) is 15.0 Å². The summed E-state index contributed by atoms with van der Waals surface area (Å²) in [6.07, 6.45) is 3.30. The smallest absolute Gasteiger partial charge is 0.387 e. The van der Waals surface area contributed by atoms with E-state index in [0.29, 0.717) is 13.2 Å². The van der Waals surface area contributed by atoms with E-state index in [1.165, 1.54) is 12.1 Å². The third kappa shape index (κ3) is 4.35. The Labute approximate surface area is 139 Å². The average molecular weight is 340 g/mol. The number of anilines is 1. The Morgan fingerprint density at radius 1 is 1.25 bits per heavy atom. The number of nitrogens with one attached hydrogen (secondary N) is 1. The van der Waals surface area contributed by atoms with E-state index < -0.39 is 6.61 Å². The Hall–Kier alpha value is -1.89. The van der Waals surface area contributed by atoms with Crippen molar-refractivity contribution in [2.75, 3.05) is 24.6 Å². The van der Waals surface area contributed by atoms with Crippen molar-refractivity contribution >= 4 is 11.6 Å². The number of alkyl halides is 2. The molecule has 2 heterocycles. The minimum absolute atomic E-state index is 0.0277. The highest BCUT2D eigenvalue weighted by Gasteiger charge is 2.27. The molecule has 0 bridgehead atoms. The highest BCUT2D eigenvalue weighted by Crippen LogP contribution is 2.24. The van der Waals surface area contributed by atoms with Crippen LogP contribution in [0, 0.1) is 0 Å². The van der Waals surface area contributed by atoms with E-state index in [4.69, 9.17) is 4.74 Å². The molecule has 2 atom stereocenters. The predicted octanol–water partition coefficient (Wildman–Crippen LogP) is 2.55. The fourth-order valence-corrected chi connectivity index (χ4v) is 3.25. The van der Waals surface area contributed by atoms with Crippen LogP contribution in [-0.4, -0.2) is 44.4 Å². The van der Waals surface area contributed by atoms with Gasteiger partial charge in [0.15, 0.2) is 0 Å². The molecule has 2 saturated heterocycles. The first kappa shape index (κ1) is 17.0. The van der Waals surface area contributed by atoms with Crippen molar-refractivity contribution < 1.29 is 23.0 Å². The molecular formula is C17H22F2N2O3. The van der Waals surface area contributed by atoms with Crippen LogP contribution in [0.3, 0.4) is 0 Å². The van der Waals surface area contributed by atoms with Crippen LogP contribution >= 0.6 is 0 Å². The van der Waals surface area contributed by atoms with Crippen molar-refractivity contribution in [3.8, 4) is 5.75 Å². The maximum atomic E-state index is 12.2. The van der Waals surface area contributed by atoms with Gasteiger partial charge in [-0.15, -0.1) is 0 Å². The van der Waals surface area contributed by atoms with Crippen molar-refractivity contribution in [3.05, 3.63) is 24.3 Å².